The van der Waals surface area contributed by atoms with Crippen molar-refractivity contribution in [1.82, 2.24) is 19.7 Å². The highest BCUT2D eigenvalue weighted by Crippen LogP contribution is 2.21. The molecule has 0 saturated carbocycles. The molecule has 1 N–H and O–H groups in total. The van der Waals surface area contributed by atoms with Crippen LogP contribution in [0.15, 0.2) is 42.9 Å². The van der Waals surface area contributed by atoms with Crippen molar-refractivity contribution < 1.29 is 4.74 Å². The summed E-state index contributed by atoms with van der Waals surface area (Å²) in [5, 5.41) is 8.73. The zero-order chi connectivity index (χ0) is 16.8. The Bertz CT molecular complexity index is 769. The molecule has 0 aliphatic carbocycles. The summed E-state index contributed by atoms with van der Waals surface area (Å²) >= 11 is 0. The fraction of sp³-hybridized carbons (Fsp3) is 0.389. The molecule has 126 valence electrons. The third-order valence-electron chi connectivity index (χ3n) is 3.58. The molecule has 24 heavy (non-hydrogen) atoms. The zero-order valence-corrected chi connectivity index (χ0v) is 14.1. The van der Waals surface area contributed by atoms with E-state index in [1.54, 1.807) is 12.5 Å². The molecule has 2 aromatic heterocycles. The molecule has 0 aliphatic heterocycles. The number of hydrogen-bond donors (Lipinski definition) is 1. The van der Waals surface area contributed by atoms with Crippen LogP contribution >= 0.6 is 0 Å². The number of fused-ring (bicyclic) bond motifs is 1. The Hall–Kier alpha value is -2.47. The van der Waals surface area contributed by atoms with Gasteiger partial charge in [0.1, 0.15) is 12.1 Å². The molecule has 0 aliphatic rings. The Kier molecular flexibility index (Phi) is 5.38. The van der Waals surface area contributed by atoms with Crippen molar-refractivity contribution in [3.05, 3.63) is 42.9 Å². The van der Waals surface area contributed by atoms with Gasteiger partial charge in [0.15, 0.2) is 5.65 Å². The summed E-state index contributed by atoms with van der Waals surface area (Å²) in [7, 11) is 0. The lowest BCUT2D eigenvalue weighted by atomic mass is 10.2. The Morgan fingerprint density at radius 3 is 2.79 bits per heavy atom. The first-order chi connectivity index (χ1) is 11.8. The number of nitrogens with zero attached hydrogens (tertiary/aromatic N) is 4. The summed E-state index contributed by atoms with van der Waals surface area (Å²) in [4.78, 5) is 8.72. The first-order valence-electron chi connectivity index (χ1n) is 8.31. The van der Waals surface area contributed by atoms with Gasteiger partial charge in [-0.1, -0.05) is 32.0 Å². The second-order valence-corrected chi connectivity index (χ2v) is 6.10. The standard InChI is InChI=1S/C18H23N5O/c1-14(2)12-24-10-6-9-19-17-16-11-22-23(18(16)21-13-20-17)15-7-4-3-5-8-15/h3-5,7-8,11,13-14H,6,9-10,12H2,1-2H3,(H,19,20,21). The monoisotopic (exact) mass is 325 g/mol. The van der Waals surface area contributed by atoms with Crippen molar-refractivity contribution >= 4 is 16.9 Å². The third-order valence-corrected chi connectivity index (χ3v) is 3.58. The molecule has 0 unspecified atom stereocenters. The highest BCUT2D eigenvalue weighted by Gasteiger charge is 2.10. The first kappa shape index (κ1) is 16.4. The zero-order valence-electron chi connectivity index (χ0n) is 14.1. The highest BCUT2D eigenvalue weighted by molar-refractivity contribution is 5.87. The number of para-hydroxylation sites is 1. The molecule has 3 aromatic rings. The summed E-state index contributed by atoms with van der Waals surface area (Å²) in [5.74, 6) is 1.38. The topological polar surface area (TPSA) is 64.9 Å². The highest BCUT2D eigenvalue weighted by atomic mass is 16.5. The molecule has 0 bridgehead atoms. The van der Waals surface area contributed by atoms with Crippen LogP contribution in [0.1, 0.15) is 20.3 Å². The van der Waals surface area contributed by atoms with Crippen molar-refractivity contribution in [1.29, 1.82) is 0 Å². The maximum atomic E-state index is 5.59. The number of ether oxygens (including phenoxy) is 1. The minimum Gasteiger partial charge on any atom is -0.381 e. The van der Waals surface area contributed by atoms with Gasteiger partial charge in [-0.3, -0.25) is 0 Å². The van der Waals surface area contributed by atoms with Gasteiger partial charge in [0.25, 0.3) is 0 Å². The van der Waals surface area contributed by atoms with Crippen LogP contribution in [-0.2, 0) is 4.74 Å². The lowest BCUT2D eigenvalue weighted by Gasteiger charge is -2.08. The van der Waals surface area contributed by atoms with Crippen LogP contribution in [0.5, 0.6) is 0 Å². The van der Waals surface area contributed by atoms with E-state index in [9.17, 15) is 0 Å². The van der Waals surface area contributed by atoms with Crippen molar-refractivity contribution in [3.63, 3.8) is 0 Å². The molecule has 0 atom stereocenters. The van der Waals surface area contributed by atoms with Crippen molar-refractivity contribution in [3.8, 4) is 5.69 Å². The fourth-order valence-corrected chi connectivity index (χ4v) is 2.44. The minimum atomic E-state index is 0.572. The number of nitrogens with one attached hydrogen (secondary N) is 1. The molecule has 6 nitrogen and oxygen atoms in total. The van der Waals surface area contributed by atoms with E-state index in [0.717, 1.165) is 48.7 Å². The molecule has 1 aromatic carbocycles. The van der Waals surface area contributed by atoms with Gasteiger partial charge in [-0.2, -0.15) is 5.10 Å². The van der Waals surface area contributed by atoms with Crippen LogP contribution in [0.3, 0.4) is 0 Å². The van der Waals surface area contributed by atoms with Crippen LogP contribution in [0, 0.1) is 5.92 Å². The lowest BCUT2D eigenvalue weighted by Crippen LogP contribution is -2.09. The van der Waals surface area contributed by atoms with Crippen molar-refractivity contribution in [2.24, 2.45) is 5.92 Å². The van der Waals surface area contributed by atoms with E-state index in [2.05, 4.69) is 34.2 Å². The Balaban J connectivity index is 1.66. The normalized spacial score (nSPS) is 11.3. The maximum absolute atomic E-state index is 5.59. The van der Waals surface area contributed by atoms with E-state index in [1.165, 1.54) is 0 Å². The molecule has 0 radical (unpaired) electrons. The summed E-state index contributed by atoms with van der Waals surface area (Å²) in [6.07, 6.45) is 4.31. The number of anilines is 1. The lowest BCUT2D eigenvalue weighted by molar-refractivity contribution is 0.110. The molecule has 0 spiro atoms. The number of rotatable bonds is 8. The number of hydrogen-bond acceptors (Lipinski definition) is 5. The molecule has 0 saturated heterocycles. The van der Waals surface area contributed by atoms with E-state index in [0.29, 0.717) is 5.92 Å². The molecular formula is C18H23N5O. The van der Waals surface area contributed by atoms with Gasteiger partial charge in [0.2, 0.25) is 0 Å². The van der Waals surface area contributed by atoms with Gasteiger partial charge in [-0.15, -0.1) is 0 Å². The van der Waals surface area contributed by atoms with Gasteiger partial charge >= 0.3 is 0 Å². The summed E-state index contributed by atoms with van der Waals surface area (Å²) in [5.41, 5.74) is 1.79. The Morgan fingerprint density at radius 1 is 1.17 bits per heavy atom. The third kappa shape index (κ3) is 3.89. The maximum Gasteiger partial charge on any atom is 0.168 e. The summed E-state index contributed by atoms with van der Waals surface area (Å²) in [6.45, 7) is 6.67. The van der Waals surface area contributed by atoms with Gasteiger partial charge < -0.3 is 10.1 Å². The first-order valence-corrected chi connectivity index (χ1v) is 8.31. The Labute approximate surface area is 141 Å². The molecule has 0 fully saturated rings. The molecular weight excluding hydrogens is 302 g/mol. The average molecular weight is 325 g/mol. The van der Waals surface area contributed by atoms with Crippen LogP contribution < -0.4 is 5.32 Å². The fourth-order valence-electron chi connectivity index (χ4n) is 2.44. The van der Waals surface area contributed by atoms with Crippen LogP contribution in [0.4, 0.5) is 5.82 Å². The number of benzene rings is 1. The second kappa shape index (κ2) is 7.88. The SMILES string of the molecule is CC(C)COCCCNc1ncnc2c1cnn2-c1ccccc1. The minimum absolute atomic E-state index is 0.572. The molecule has 0 amide bonds. The summed E-state index contributed by atoms with van der Waals surface area (Å²) in [6, 6.07) is 9.97. The van der Waals surface area contributed by atoms with Crippen molar-refractivity contribution in [2.45, 2.75) is 20.3 Å². The van der Waals surface area contributed by atoms with Gasteiger partial charge in [-0.05, 0) is 24.5 Å². The van der Waals surface area contributed by atoms with E-state index in [4.69, 9.17) is 4.74 Å². The van der Waals surface area contributed by atoms with E-state index < -0.39 is 0 Å². The molecule has 6 heteroatoms. The van der Waals surface area contributed by atoms with Crippen LogP contribution in [0.2, 0.25) is 0 Å². The van der Waals surface area contributed by atoms with Gasteiger partial charge in [0, 0.05) is 19.8 Å². The van der Waals surface area contributed by atoms with Gasteiger partial charge in [0.05, 0.1) is 17.3 Å². The molecule has 2 heterocycles. The smallest absolute Gasteiger partial charge is 0.168 e. The van der Waals surface area contributed by atoms with E-state index in [-0.39, 0.29) is 0 Å². The quantitative estimate of drug-likeness (QED) is 0.644. The predicted molar refractivity (Wildman–Crippen MR) is 95.4 cm³/mol. The van der Waals surface area contributed by atoms with E-state index in [1.807, 2.05) is 35.0 Å². The Morgan fingerprint density at radius 2 is 2.00 bits per heavy atom. The predicted octanol–water partition coefficient (Wildman–Crippen LogP) is 3.29. The average Bonchev–Trinajstić information content (AvgIpc) is 3.03. The van der Waals surface area contributed by atoms with E-state index >= 15 is 0 Å². The van der Waals surface area contributed by atoms with Crippen LogP contribution in [-0.4, -0.2) is 39.5 Å². The number of aromatic nitrogens is 4. The second-order valence-electron chi connectivity index (χ2n) is 6.10. The summed E-state index contributed by atoms with van der Waals surface area (Å²) < 4.78 is 7.42. The van der Waals surface area contributed by atoms with Crippen LogP contribution in [0.25, 0.3) is 16.7 Å². The largest absolute Gasteiger partial charge is 0.381 e. The molecule has 3 rings (SSSR count). The van der Waals surface area contributed by atoms with Gasteiger partial charge in [-0.25, -0.2) is 14.6 Å². The van der Waals surface area contributed by atoms with Crippen molar-refractivity contribution in [2.75, 3.05) is 25.1 Å².